The Labute approximate surface area is 176 Å². The van der Waals surface area contributed by atoms with E-state index in [4.69, 9.17) is 0 Å². The molecule has 0 heterocycles. The van der Waals surface area contributed by atoms with Crippen molar-refractivity contribution in [2.24, 2.45) is 0 Å². The molecule has 2 N–H and O–H groups in total. The smallest absolute Gasteiger partial charge is 0.244 e. The van der Waals surface area contributed by atoms with E-state index in [2.05, 4.69) is 12.2 Å². The fourth-order valence-electron chi connectivity index (χ4n) is 3.43. The highest BCUT2D eigenvalue weighted by atomic mass is 16.3. The van der Waals surface area contributed by atoms with Gasteiger partial charge in [-0.25, -0.2) is 0 Å². The Morgan fingerprint density at radius 1 is 0.931 bits per heavy atom. The van der Waals surface area contributed by atoms with Crippen molar-refractivity contribution in [2.75, 3.05) is 14.1 Å². The van der Waals surface area contributed by atoms with Gasteiger partial charge in [0.2, 0.25) is 11.8 Å². The molecule has 0 fully saturated rings. The minimum Gasteiger partial charge on any atom is -0.388 e. The molecule has 2 amide bonds. The van der Waals surface area contributed by atoms with Crippen molar-refractivity contribution in [1.82, 2.24) is 10.2 Å². The summed E-state index contributed by atoms with van der Waals surface area (Å²) in [6.45, 7) is 2.23. The van der Waals surface area contributed by atoms with Crippen LogP contribution in [-0.2, 0) is 9.59 Å². The summed E-state index contributed by atoms with van der Waals surface area (Å²) in [7, 11) is 3.33. The van der Waals surface area contributed by atoms with Crippen molar-refractivity contribution < 1.29 is 14.7 Å². The van der Waals surface area contributed by atoms with Crippen molar-refractivity contribution in [3.63, 3.8) is 0 Å². The lowest BCUT2D eigenvalue weighted by Gasteiger charge is -2.24. The Bertz CT molecular complexity index is 575. The molecule has 29 heavy (non-hydrogen) atoms. The number of unbranched alkanes of at least 4 members (excludes halogenated alkanes) is 8. The van der Waals surface area contributed by atoms with Crippen LogP contribution in [0.15, 0.2) is 30.3 Å². The van der Waals surface area contributed by atoms with Crippen LogP contribution in [0, 0.1) is 0 Å². The highest BCUT2D eigenvalue weighted by Crippen LogP contribution is 2.19. The van der Waals surface area contributed by atoms with Gasteiger partial charge in [-0.15, -0.1) is 0 Å². The van der Waals surface area contributed by atoms with Gasteiger partial charge < -0.3 is 15.3 Å². The number of nitrogens with one attached hydrogen (secondary N) is 1. The first-order valence-corrected chi connectivity index (χ1v) is 11.2. The molecule has 1 aromatic rings. The molecule has 5 heteroatoms. The molecule has 0 saturated carbocycles. The summed E-state index contributed by atoms with van der Waals surface area (Å²) in [4.78, 5) is 26.3. The van der Waals surface area contributed by atoms with Gasteiger partial charge in [0.05, 0.1) is 6.10 Å². The molecule has 0 aliphatic heterocycles. The van der Waals surface area contributed by atoms with Crippen LogP contribution in [0.25, 0.3) is 0 Å². The van der Waals surface area contributed by atoms with Crippen LogP contribution in [-0.4, -0.2) is 42.0 Å². The molecule has 0 aliphatic carbocycles. The van der Waals surface area contributed by atoms with Crippen LogP contribution in [0.5, 0.6) is 0 Å². The third-order valence-electron chi connectivity index (χ3n) is 5.22. The first-order valence-electron chi connectivity index (χ1n) is 11.2. The lowest BCUT2D eigenvalue weighted by atomic mass is 10.0. The molecule has 0 unspecified atom stereocenters. The first-order chi connectivity index (χ1) is 14.0. The number of benzene rings is 1. The molecular formula is C24H40N2O3. The van der Waals surface area contributed by atoms with E-state index in [0.717, 1.165) is 24.8 Å². The fraction of sp³-hybridized carbons (Fsp3) is 0.667. The molecule has 1 aromatic carbocycles. The van der Waals surface area contributed by atoms with Crippen molar-refractivity contribution in [3.8, 4) is 0 Å². The molecule has 1 rings (SSSR count). The zero-order chi connectivity index (χ0) is 21.5. The number of nitrogens with zero attached hydrogens (tertiary/aromatic N) is 1. The number of likely N-dealkylation sites (N-methyl/N-ethyl adjacent to an activating group) is 1. The van der Waals surface area contributed by atoms with Crippen LogP contribution < -0.4 is 5.32 Å². The second kappa shape index (κ2) is 15.0. The standard InChI is InChI=1S/C24H40N2O3/c1-4-5-6-7-8-9-10-11-15-18-23(28)25-21(24(29)26(2)3)19-22(27)20-16-13-12-14-17-20/h12-14,16-17,21-22,27H,4-11,15,18-19H2,1-3H3,(H,25,28)/t21-,22+/m1/s1. The van der Waals surface area contributed by atoms with Crippen LogP contribution in [0.4, 0.5) is 0 Å². The van der Waals surface area contributed by atoms with Crippen molar-refractivity contribution >= 4 is 11.8 Å². The zero-order valence-electron chi connectivity index (χ0n) is 18.5. The summed E-state index contributed by atoms with van der Waals surface area (Å²) < 4.78 is 0. The van der Waals surface area contributed by atoms with Crippen LogP contribution in [0.2, 0.25) is 0 Å². The molecule has 2 atom stereocenters. The monoisotopic (exact) mass is 404 g/mol. The Hall–Kier alpha value is -1.88. The quantitative estimate of drug-likeness (QED) is 0.420. The van der Waals surface area contributed by atoms with E-state index in [0.29, 0.717) is 6.42 Å². The average Bonchev–Trinajstić information content (AvgIpc) is 2.72. The fourth-order valence-corrected chi connectivity index (χ4v) is 3.43. The number of amides is 2. The lowest BCUT2D eigenvalue weighted by Crippen LogP contribution is -2.47. The van der Waals surface area contributed by atoms with E-state index in [1.54, 1.807) is 14.1 Å². The summed E-state index contributed by atoms with van der Waals surface area (Å²) in [5.74, 6) is -0.311. The summed E-state index contributed by atoms with van der Waals surface area (Å²) in [6, 6.07) is 8.52. The van der Waals surface area contributed by atoms with Gasteiger partial charge in [0.15, 0.2) is 0 Å². The second-order valence-corrected chi connectivity index (χ2v) is 8.09. The lowest BCUT2D eigenvalue weighted by molar-refractivity contribution is -0.135. The highest BCUT2D eigenvalue weighted by molar-refractivity contribution is 5.87. The molecule has 0 bridgehead atoms. The van der Waals surface area contributed by atoms with Gasteiger partial charge in [0.25, 0.3) is 0 Å². The van der Waals surface area contributed by atoms with Crippen LogP contribution >= 0.6 is 0 Å². The number of hydrogen-bond donors (Lipinski definition) is 2. The predicted octanol–water partition coefficient (Wildman–Crippen LogP) is 4.60. The van der Waals surface area contributed by atoms with Crippen molar-refractivity contribution in [1.29, 1.82) is 0 Å². The molecule has 164 valence electrons. The summed E-state index contributed by atoms with van der Waals surface area (Å²) in [5, 5.41) is 13.3. The summed E-state index contributed by atoms with van der Waals surface area (Å²) >= 11 is 0. The average molecular weight is 405 g/mol. The third kappa shape index (κ3) is 11.0. The number of aliphatic hydroxyl groups excluding tert-OH is 1. The number of carbonyl (C=O) groups is 2. The molecule has 0 aliphatic rings. The second-order valence-electron chi connectivity index (χ2n) is 8.09. The maximum absolute atomic E-state index is 12.5. The third-order valence-corrected chi connectivity index (χ3v) is 5.22. The Morgan fingerprint density at radius 2 is 1.48 bits per heavy atom. The topological polar surface area (TPSA) is 69.6 Å². The maximum atomic E-state index is 12.5. The van der Waals surface area contributed by atoms with E-state index in [1.807, 2.05) is 30.3 Å². The molecular weight excluding hydrogens is 364 g/mol. The van der Waals surface area contributed by atoms with E-state index < -0.39 is 12.1 Å². The van der Waals surface area contributed by atoms with Gasteiger partial charge in [0.1, 0.15) is 6.04 Å². The highest BCUT2D eigenvalue weighted by Gasteiger charge is 2.25. The predicted molar refractivity (Wildman–Crippen MR) is 118 cm³/mol. The molecule has 0 radical (unpaired) electrons. The van der Waals surface area contributed by atoms with Gasteiger partial charge >= 0.3 is 0 Å². The SMILES string of the molecule is CCCCCCCCCCCC(=O)N[C@H](C[C@H](O)c1ccccc1)C(=O)N(C)C. The van der Waals surface area contributed by atoms with Gasteiger partial charge in [-0.1, -0.05) is 88.6 Å². The van der Waals surface area contributed by atoms with Crippen molar-refractivity contribution in [2.45, 2.75) is 89.7 Å². The molecule has 0 saturated heterocycles. The van der Waals surface area contributed by atoms with Gasteiger partial charge in [-0.2, -0.15) is 0 Å². The minimum atomic E-state index is -0.793. The summed E-state index contributed by atoms with van der Waals surface area (Å²) in [5.41, 5.74) is 0.747. The van der Waals surface area contributed by atoms with E-state index >= 15 is 0 Å². The molecule has 5 nitrogen and oxygen atoms in total. The van der Waals surface area contributed by atoms with E-state index in [1.165, 1.54) is 43.4 Å². The summed E-state index contributed by atoms with van der Waals surface area (Å²) in [6.07, 6.45) is 10.6. The Kier molecular flexibility index (Phi) is 13.0. The number of carbonyl (C=O) groups excluding carboxylic acids is 2. The van der Waals surface area contributed by atoms with E-state index in [9.17, 15) is 14.7 Å². The van der Waals surface area contributed by atoms with Gasteiger partial charge in [-0.3, -0.25) is 9.59 Å². The normalized spacial score (nSPS) is 13.0. The Morgan fingerprint density at radius 3 is 2.03 bits per heavy atom. The Balaban J connectivity index is 2.37. The number of hydrogen-bond acceptors (Lipinski definition) is 3. The van der Waals surface area contributed by atoms with E-state index in [-0.39, 0.29) is 18.2 Å². The molecule has 0 aromatic heterocycles. The van der Waals surface area contributed by atoms with Crippen LogP contribution in [0.1, 0.15) is 89.2 Å². The molecule has 0 spiro atoms. The first kappa shape index (κ1) is 25.2. The van der Waals surface area contributed by atoms with Gasteiger partial charge in [0, 0.05) is 26.9 Å². The minimum absolute atomic E-state index is 0.117. The number of rotatable bonds is 15. The van der Waals surface area contributed by atoms with Crippen LogP contribution in [0.3, 0.4) is 0 Å². The van der Waals surface area contributed by atoms with Gasteiger partial charge in [-0.05, 0) is 12.0 Å². The number of aliphatic hydroxyl groups is 1. The van der Waals surface area contributed by atoms with Crippen molar-refractivity contribution in [3.05, 3.63) is 35.9 Å². The largest absolute Gasteiger partial charge is 0.388 e. The zero-order valence-corrected chi connectivity index (χ0v) is 18.5. The maximum Gasteiger partial charge on any atom is 0.244 e.